The van der Waals surface area contributed by atoms with Crippen molar-refractivity contribution in [3.8, 4) is 0 Å². The summed E-state index contributed by atoms with van der Waals surface area (Å²) in [5.41, 5.74) is -0.306. The molecule has 0 aliphatic heterocycles. The number of benzene rings is 1. The lowest BCUT2D eigenvalue weighted by Crippen LogP contribution is -2.06. The minimum Gasteiger partial charge on any atom is -0.197 e. The third-order valence-corrected chi connectivity index (χ3v) is 3.05. The maximum Gasteiger partial charge on any atom is 0.284 e. The molecule has 0 bridgehead atoms. The molecule has 1 aromatic rings. The third kappa shape index (κ3) is 3.23. The number of rotatable bonds is 4. The summed E-state index contributed by atoms with van der Waals surface area (Å²) < 4.78 is 26.7. The molecule has 1 unspecified atom stereocenters. The Labute approximate surface area is 104 Å². The lowest BCUT2D eigenvalue weighted by Gasteiger charge is -2.17. The SMILES string of the molecule is C=C/C=C(/CC)c1cccc(C(F)(F)P)c1C. The quantitative estimate of drug-likeness (QED) is 0.529. The van der Waals surface area contributed by atoms with Gasteiger partial charge in [-0.2, -0.15) is 8.78 Å². The predicted molar refractivity (Wildman–Crippen MR) is 73.2 cm³/mol. The van der Waals surface area contributed by atoms with Gasteiger partial charge in [0.2, 0.25) is 0 Å². The van der Waals surface area contributed by atoms with E-state index in [4.69, 9.17) is 0 Å². The fraction of sp³-hybridized carbons (Fsp3) is 0.286. The molecule has 0 amide bonds. The van der Waals surface area contributed by atoms with E-state index in [9.17, 15) is 8.78 Å². The summed E-state index contributed by atoms with van der Waals surface area (Å²) >= 11 is 0. The van der Waals surface area contributed by atoms with Gasteiger partial charge in [-0.3, -0.25) is 0 Å². The second-order valence-electron chi connectivity index (χ2n) is 3.88. The molecule has 0 spiro atoms. The molecule has 0 saturated heterocycles. The summed E-state index contributed by atoms with van der Waals surface area (Å²) in [5, 5.41) is 0. The first-order valence-electron chi connectivity index (χ1n) is 5.50. The van der Waals surface area contributed by atoms with Crippen molar-refractivity contribution in [3.63, 3.8) is 0 Å². The first kappa shape index (κ1) is 14.1. The van der Waals surface area contributed by atoms with E-state index in [0.29, 0.717) is 5.56 Å². The first-order valence-corrected chi connectivity index (χ1v) is 6.08. The van der Waals surface area contributed by atoms with Crippen molar-refractivity contribution in [2.75, 3.05) is 0 Å². The van der Waals surface area contributed by atoms with Crippen LogP contribution in [0.1, 0.15) is 30.0 Å². The zero-order valence-corrected chi connectivity index (χ0v) is 11.3. The molecule has 0 aromatic heterocycles. The van der Waals surface area contributed by atoms with Gasteiger partial charge in [-0.15, -0.1) is 0 Å². The summed E-state index contributed by atoms with van der Waals surface area (Å²) in [6.07, 6.45) is 4.34. The molecule has 1 rings (SSSR count). The van der Waals surface area contributed by atoms with E-state index in [1.54, 1.807) is 28.3 Å². The monoisotopic (exact) mass is 254 g/mol. The molecule has 1 aromatic carbocycles. The van der Waals surface area contributed by atoms with E-state index in [-0.39, 0.29) is 5.56 Å². The van der Waals surface area contributed by atoms with Gasteiger partial charge < -0.3 is 0 Å². The zero-order valence-electron chi connectivity index (χ0n) is 10.1. The Bertz CT molecular complexity index is 442. The van der Waals surface area contributed by atoms with Crippen molar-refractivity contribution < 1.29 is 8.78 Å². The van der Waals surface area contributed by atoms with Crippen LogP contribution in [0.25, 0.3) is 5.57 Å². The molecule has 0 radical (unpaired) electrons. The van der Waals surface area contributed by atoms with Crippen LogP contribution in [0, 0.1) is 6.92 Å². The number of hydrogen-bond donors (Lipinski definition) is 0. The fourth-order valence-corrected chi connectivity index (χ4v) is 2.20. The summed E-state index contributed by atoms with van der Waals surface area (Å²) in [5.74, 6) is 0. The molecule has 0 heterocycles. The highest BCUT2D eigenvalue weighted by atomic mass is 31.0. The molecule has 92 valence electrons. The Hall–Kier alpha value is -1.01. The minimum atomic E-state index is -2.88. The molecular formula is C14H17F2P. The van der Waals surface area contributed by atoms with Crippen molar-refractivity contribution in [2.45, 2.75) is 25.9 Å². The summed E-state index contributed by atoms with van der Waals surface area (Å²) in [4.78, 5) is 0. The fourth-order valence-electron chi connectivity index (χ4n) is 1.88. The first-order chi connectivity index (χ1) is 7.91. The summed E-state index contributed by atoms with van der Waals surface area (Å²) in [7, 11) is 1.59. The van der Waals surface area contributed by atoms with Crippen LogP contribution in [0.5, 0.6) is 0 Å². The van der Waals surface area contributed by atoms with Crippen LogP contribution in [0.2, 0.25) is 0 Å². The second-order valence-corrected chi connectivity index (χ2v) is 4.61. The van der Waals surface area contributed by atoms with Crippen molar-refractivity contribution in [1.82, 2.24) is 0 Å². The van der Waals surface area contributed by atoms with Crippen LogP contribution in [-0.2, 0) is 5.66 Å². The number of hydrogen-bond acceptors (Lipinski definition) is 0. The second kappa shape index (κ2) is 5.55. The van der Waals surface area contributed by atoms with Gasteiger partial charge in [0.1, 0.15) is 0 Å². The Morgan fingerprint density at radius 2 is 2.12 bits per heavy atom. The van der Waals surface area contributed by atoms with E-state index in [2.05, 4.69) is 6.58 Å². The molecule has 0 N–H and O–H groups in total. The van der Waals surface area contributed by atoms with E-state index in [0.717, 1.165) is 17.6 Å². The molecule has 17 heavy (non-hydrogen) atoms. The van der Waals surface area contributed by atoms with Crippen LogP contribution in [0.3, 0.4) is 0 Å². The normalized spacial score (nSPS) is 12.6. The van der Waals surface area contributed by atoms with Crippen molar-refractivity contribution in [3.05, 3.63) is 53.6 Å². The smallest absolute Gasteiger partial charge is 0.197 e. The van der Waals surface area contributed by atoms with Gasteiger partial charge in [0.15, 0.2) is 0 Å². The lowest BCUT2D eigenvalue weighted by molar-refractivity contribution is 0.103. The topological polar surface area (TPSA) is 0 Å². The van der Waals surface area contributed by atoms with Crippen LogP contribution >= 0.6 is 9.24 Å². The minimum absolute atomic E-state index is 0.0587. The third-order valence-electron chi connectivity index (χ3n) is 2.74. The highest BCUT2D eigenvalue weighted by molar-refractivity contribution is 7.17. The molecule has 0 aliphatic carbocycles. The van der Waals surface area contributed by atoms with E-state index >= 15 is 0 Å². The largest absolute Gasteiger partial charge is 0.284 e. The van der Waals surface area contributed by atoms with Gasteiger partial charge >= 0.3 is 0 Å². The van der Waals surface area contributed by atoms with Crippen molar-refractivity contribution >= 4 is 14.8 Å². The molecule has 0 fully saturated rings. The Morgan fingerprint density at radius 1 is 1.47 bits per heavy atom. The van der Waals surface area contributed by atoms with Gasteiger partial charge in [0, 0.05) is 5.56 Å². The average molecular weight is 254 g/mol. The van der Waals surface area contributed by atoms with Crippen LogP contribution < -0.4 is 0 Å². The van der Waals surface area contributed by atoms with Crippen LogP contribution in [-0.4, -0.2) is 0 Å². The van der Waals surface area contributed by atoms with Gasteiger partial charge in [0.05, 0.1) is 0 Å². The Balaban J connectivity index is 3.37. The summed E-state index contributed by atoms with van der Waals surface area (Å²) in [6, 6.07) is 5.00. The number of allylic oxidation sites excluding steroid dienone is 3. The highest BCUT2D eigenvalue weighted by Crippen LogP contribution is 2.39. The van der Waals surface area contributed by atoms with E-state index in [1.165, 1.54) is 6.07 Å². The van der Waals surface area contributed by atoms with Gasteiger partial charge in [-0.05, 0) is 30.0 Å². The van der Waals surface area contributed by atoms with Gasteiger partial charge in [-0.25, -0.2) is 0 Å². The predicted octanol–water partition coefficient (Wildman–Crippen LogP) is 4.90. The van der Waals surface area contributed by atoms with Crippen molar-refractivity contribution in [1.29, 1.82) is 0 Å². The zero-order chi connectivity index (χ0) is 13.1. The van der Waals surface area contributed by atoms with Crippen LogP contribution in [0.15, 0.2) is 36.9 Å². The van der Waals surface area contributed by atoms with E-state index < -0.39 is 5.66 Å². The maximum atomic E-state index is 13.4. The Morgan fingerprint density at radius 3 is 2.59 bits per heavy atom. The van der Waals surface area contributed by atoms with Crippen molar-refractivity contribution in [2.24, 2.45) is 0 Å². The molecule has 3 heteroatoms. The highest BCUT2D eigenvalue weighted by Gasteiger charge is 2.27. The number of halogens is 2. The number of alkyl halides is 2. The molecular weight excluding hydrogens is 237 g/mol. The van der Waals surface area contributed by atoms with Gasteiger partial charge in [0.25, 0.3) is 5.66 Å². The molecule has 1 atom stereocenters. The van der Waals surface area contributed by atoms with Gasteiger partial charge in [-0.1, -0.05) is 53.1 Å². The van der Waals surface area contributed by atoms with Crippen LogP contribution in [0.4, 0.5) is 8.78 Å². The summed E-state index contributed by atoms with van der Waals surface area (Å²) in [6.45, 7) is 7.38. The maximum absolute atomic E-state index is 13.4. The lowest BCUT2D eigenvalue weighted by atomic mass is 9.94. The molecule has 0 aliphatic rings. The Kier molecular flexibility index (Phi) is 4.59. The standard InChI is InChI=1S/C14H17F2P/c1-4-7-11(5-2)12-8-6-9-13(10(12)3)14(15,16)17/h4,6-9H,1,5,17H2,2-3H3/b11-7-. The average Bonchev–Trinajstić information content (AvgIpc) is 2.25. The molecule has 0 nitrogen and oxygen atoms in total. The van der Waals surface area contributed by atoms with E-state index in [1.807, 2.05) is 19.1 Å². The molecule has 0 saturated carbocycles.